The zero-order valence-electron chi connectivity index (χ0n) is 20.7. The number of benzene rings is 1. The molecular formula is C27H29N5O4S. The molecule has 5 rings (SSSR count). The average molecular weight is 520 g/mol. The summed E-state index contributed by atoms with van der Waals surface area (Å²) in [7, 11) is -4.30. The van der Waals surface area contributed by atoms with E-state index in [2.05, 4.69) is 45.3 Å². The molecule has 4 heterocycles. The van der Waals surface area contributed by atoms with E-state index in [1.165, 1.54) is 12.1 Å². The Balaban J connectivity index is 0.00000336. The maximum absolute atomic E-state index is 13.2. The van der Waals surface area contributed by atoms with Crippen LogP contribution < -0.4 is 14.4 Å². The Morgan fingerprint density at radius 2 is 1.78 bits per heavy atom. The number of carbonyl (C=O) groups is 1. The van der Waals surface area contributed by atoms with E-state index in [0.29, 0.717) is 23.0 Å². The monoisotopic (exact) mass is 519 g/mol. The van der Waals surface area contributed by atoms with Gasteiger partial charge in [0.25, 0.3) is 15.9 Å². The molecule has 1 unspecified atom stereocenters. The molecule has 3 aromatic heterocycles. The van der Waals surface area contributed by atoms with Crippen LogP contribution in [-0.2, 0) is 10.0 Å². The van der Waals surface area contributed by atoms with E-state index in [0.717, 1.165) is 18.4 Å². The predicted octanol–water partition coefficient (Wildman–Crippen LogP) is 4.81. The number of rotatable bonds is 6. The van der Waals surface area contributed by atoms with Crippen LogP contribution in [0.2, 0.25) is 0 Å². The van der Waals surface area contributed by atoms with E-state index in [1.807, 2.05) is 24.3 Å². The van der Waals surface area contributed by atoms with Crippen molar-refractivity contribution in [3.05, 3.63) is 78.6 Å². The second kappa shape index (κ2) is 9.44. The predicted molar refractivity (Wildman–Crippen MR) is 142 cm³/mol. The van der Waals surface area contributed by atoms with Crippen LogP contribution in [0, 0.1) is 5.92 Å². The van der Waals surface area contributed by atoms with Crippen LogP contribution in [0.1, 0.15) is 39.0 Å². The lowest BCUT2D eigenvalue weighted by Crippen LogP contribution is -2.41. The number of hydrogen-bond acceptors (Lipinski definition) is 8. The van der Waals surface area contributed by atoms with Gasteiger partial charge < -0.3 is 9.64 Å². The largest absolute Gasteiger partial charge is 0.437 e. The van der Waals surface area contributed by atoms with Gasteiger partial charge in [-0.3, -0.25) is 9.78 Å². The number of carbonyl (C=O) groups excluding carboxylic acids is 1. The van der Waals surface area contributed by atoms with E-state index in [9.17, 15) is 13.2 Å². The lowest BCUT2D eigenvalue weighted by molar-refractivity contribution is 0.0981. The quantitative estimate of drug-likeness (QED) is 0.386. The molecular weight excluding hydrogens is 490 g/mol. The van der Waals surface area contributed by atoms with Gasteiger partial charge >= 0.3 is 0 Å². The molecule has 10 heteroatoms. The molecule has 1 aliphatic heterocycles. The molecule has 0 bridgehead atoms. The molecule has 1 aliphatic rings. The minimum absolute atomic E-state index is 0. The van der Waals surface area contributed by atoms with E-state index < -0.39 is 15.9 Å². The molecule has 1 aromatic carbocycles. The first-order valence-corrected chi connectivity index (χ1v) is 13.4. The molecule has 1 amide bonds. The van der Waals surface area contributed by atoms with Crippen LogP contribution in [0.25, 0.3) is 10.9 Å². The maximum atomic E-state index is 13.2. The van der Waals surface area contributed by atoms with Gasteiger partial charge in [-0.2, -0.15) is 13.4 Å². The molecule has 0 saturated carbocycles. The van der Waals surface area contributed by atoms with Crippen LogP contribution in [0.4, 0.5) is 5.82 Å². The van der Waals surface area contributed by atoms with Crippen LogP contribution >= 0.6 is 0 Å². The second-order valence-corrected chi connectivity index (χ2v) is 11.4. The average Bonchev–Trinajstić information content (AvgIpc) is 3.15. The summed E-state index contributed by atoms with van der Waals surface area (Å²) in [6.07, 6.45) is 4.19. The van der Waals surface area contributed by atoms with Crippen molar-refractivity contribution in [3.63, 3.8) is 0 Å². The number of para-hydroxylation sites is 1. The summed E-state index contributed by atoms with van der Waals surface area (Å²) in [4.78, 5) is 28.2. The number of fused-ring (bicyclic) bond motifs is 1. The van der Waals surface area contributed by atoms with Crippen molar-refractivity contribution in [1.29, 1.82) is 0 Å². The number of nitrogens with one attached hydrogen (secondary N) is 1. The lowest BCUT2D eigenvalue weighted by atomic mass is 9.97. The molecule has 192 valence electrons. The SMILES string of the molecule is CC1CN(c2ncccc2C(=O)NS(=O)(=O)c2cccc(Oc3cccc4cccnc34)n2)C(C)(C)C1.[HH]. The van der Waals surface area contributed by atoms with Gasteiger partial charge in [0, 0.05) is 37.4 Å². The van der Waals surface area contributed by atoms with Gasteiger partial charge in [0.15, 0.2) is 10.8 Å². The van der Waals surface area contributed by atoms with E-state index in [-0.39, 0.29) is 23.4 Å². The highest BCUT2D eigenvalue weighted by molar-refractivity contribution is 7.90. The normalized spacial score (nSPS) is 17.1. The summed E-state index contributed by atoms with van der Waals surface area (Å²) >= 11 is 0. The van der Waals surface area contributed by atoms with Gasteiger partial charge in [0.05, 0.1) is 5.56 Å². The van der Waals surface area contributed by atoms with Crippen LogP contribution in [-0.4, -0.2) is 41.4 Å². The Morgan fingerprint density at radius 3 is 2.57 bits per heavy atom. The highest BCUT2D eigenvalue weighted by Gasteiger charge is 2.39. The number of anilines is 1. The Bertz CT molecular complexity index is 1590. The van der Waals surface area contributed by atoms with Crippen molar-refractivity contribution in [3.8, 4) is 11.6 Å². The third-order valence-corrected chi connectivity index (χ3v) is 7.60. The molecule has 37 heavy (non-hydrogen) atoms. The Hall–Kier alpha value is -4.05. The fourth-order valence-electron chi connectivity index (χ4n) is 4.85. The van der Waals surface area contributed by atoms with Crippen molar-refractivity contribution in [2.45, 2.75) is 37.8 Å². The van der Waals surface area contributed by atoms with Gasteiger partial charge in [0.2, 0.25) is 5.88 Å². The van der Waals surface area contributed by atoms with Crippen LogP contribution in [0.3, 0.4) is 0 Å². The fraction of sp³-hybridized carbons (Fsp3) is 0.259. The standard InChI is InChI=1S/C27H27N5O4S.H2/c1-18-16-27(2,3)32(17-18)25-20(10-7-15-29-25)26(33)31-37(34,35)23-13-5-12-22(30-23)36-21-11-4-8-19-9-6-14-28-24(19)21;/h4-15,18H,16-17H2,1-3H3,(H,31,33);1H. The van der Waals surface area contributed by atoms with Gasteiger partial charge in [-0.05, 0) is 56.5 Å². The van der Waals surface area contributed by atoms with E-state index in [1.54, 1.807) is 36.7 Å². The fourth-order valence-corrected chi connectivity index (χ4v) is 5.78. The molecule has 1 saturated heterocycles. The van der Waals surface area contributed by atoms with Crippen molar-refractivity contribution in [2.24, 2.45) is 5.92 Å². The van der Waals surface area contributed by atoms with E-state index >= 15 is 0 Å². The topological polar surface area (TPSA) is 114 Å². The molecule has 0 radical (unpaired) electrons. The van der Waals surface area contributed by atoms with Crippen molar-refractivity contribution < 1.29 is 19.4 Å². The summed E-state index contributed by atoms with van der Waals surface area (Å²) in [6, 6.07) is 16.7. The van der Waals surface area contributed by atoms with Crippen LogP contribution in [0.5, 0.6) is 11.6 Å². The van der Waals surface area contributed by atoms with Gasteiger partial charge in [-0.25, -0.2) is 9.71 Å². The Labute approximate surface area is 217 Å². The van der Waals surface area contributed by atoms with Gasteiger partial charge in [0.1, 0.15) is 11.3 Å². The first-order valence-electron chi connectivity index (χ1n) is 11.9. The van der Waals surface area contributed by atoms with Crippen molar-refractivity contribution in [2.75, 3.05) is 11.4 Å². The molecule has 1 fully saturated rings. The Kier molecular flexibility index (Phi) is 6.28. The number of ether oxygens (including phenoxy) is 1. The smallest absolute Gasteiger partial charge is 0.281 e. The number of pyridine rings is 3. The minimum Gasteiger partial charge on any atom is -0.437 e. The highest BCUT2D eigenvalue weighted by Crippen LogP contribution is 2.37. The Morgan fingerprint density at radius 1 is 1.05 bits per heavy atom. The van der Waals surface area contributed by atoms with E-state index in [4.69, 9.17) is 4.74 Å². The second-order valence-electron chi connectivity index (χ2n) is 9.79. The number of nitrogens with zero attached hydrogens (tertiary/aromatic N) is 4. The first-order chi connectivity index (χ1) is 17.6. The summed E-state index contributed by atoms with van der Waals surface area (Å²) < 4.78 is 34.3. The summed E-state index contributed by atoms with van der Waals surface area (Å²) in [5, 5.41) is 0.533. The molecule has 4 aromatic rings. The third kappa shape index (κ3) is 4.97. The lowest BCUT2D eigenvalue weighted by Gasteiger charge is -2.33. The summed E-state index contributed by atoms with van der Waals surface area (Å²) in [5.74, 6) is 0.596. The van der Waals surface area contributed by atoms with Crippen molar-refractivity contribution >= 4 is 32.7 Å². The minimum atomic E-state index is -4.30. The van der Waals surface area contributed by atoms with Crippen LogP contribution in [0.15, 0.2) is 78.1 Å². The van der Waals surface area contributed by atoms with Gasteiger partial charge in [-0.15, -0.1) is 0 Å². The molecule has 0 aliphatic carbocycles. The molecule has 9 nitrogen and oxygen atoms in total. The maximum Gasteiger partial charge on any atom is 0.281 e. The highest BCUT2D eigenvalue weighted by atomic mass is 32.2. The number of amides is 1. The molecule has 1 atom stereocenters. The molecule has 0 spiro atoms. The summed E-state index contributed by atoms with van der Waals surface area (Å²) in [6.45, 7) is 7.04. The number of hydrogen-bond donors (Lipinski definition) is 1. The molecule has 1 N–H and O–H groups in total. The first kappa shape index (κ1) is 24.6. The summed E-state index contributed by atoms with van der Waals surface area (Å²) in [5.41, 5.74) is 0.588. The third-order valence-electron chi connectivity index (χ3n) is 6.37. The number of aromatic nitrogens is 3. The zero-order valence-corrected chi connectivity index (χ0v) is 21.6. The van der Waals surface area contributed by atoms with Gasteiger partial charge in [-0.1, -0.05) is 31.2 Å². The number of sulfonamides is 1. The van der Waals surface area contributed by atoms with Crippen molar-refractivity contribution in [1.82, 2.24) is 19.7 Å². The zero-order chi connectivity index (χ0) is 26.2.